The van der Waals surface area contributed by atoms with Crippen LogP contribution in [0.5, 0.6) is 5.75 Å². The lowest BCUT2D eigenvalue weighted by molar-refractivity contribution is -0.129. The summed E-state index contributed by atoms with van der Waals surface area (Å²) in [6, 6.07) is 6.51. The van der Waals surface area contributed by atoms with Crippen LogP contribution < -0.4 is 15.8 Å². The first-order valence-corrected chi connectivity index (χ1v) is 7.20. The molecule has 3 N–H and O–H groups in total. The van der Waals surface area contributed by atoms with Crippen molar-refractivity contribution in [1.82, 2.24) is 5.32 Å². The van der Waals surface area contributed by atoms with Crippen molar-refractivity contribution in [2.24, 2.45) is 11.7 Å². The Morgan fingerprint density at radius 1 is 1.45 bits per heavy atom. The van der Waals surface area contributed by atoms with E-state index < -0.39 is 11.9 Å². The minimum Gasteiger partial charge on any atom is -0.484 e. The molecule has 6 heteroatoms. The van der Waals surface area contributed by atoms with Gasteiger partial charge in [0, 0.05) is 4.47 Å². The van der Waals surface area contributed by atoms with Crippen molar-refractivity contribution in [2.45, 2.75) is 26.3 Å². The van der Waals surface area contributed by atoms with Crippen LogP contribution in [0, 0.1) is 5.92 Å². The van der Waals surface area contributed by atoms with Gasteiger partial charge in [0.05, 0.1) is 0 Å². The minimum absolute atomic E-state index is 0.0117. The second kappa shape index (κ2) is 7.89. The second-order valence-electron chi connectivity index (χ2n) is 4.58. The molecule has 1 aromatic rings. The second-order valence-corrected chi connectivity index (χ2v) is 5.49. The maximum Gasteiger partial charge on any atom is 0.258 e. The van der Waals surface area contributed by atoms with Crippen molar-refractivity contribution < 1.29 is 14.3 Å². The quantitative estimate of drug-likeness (QED) is 0.793. The number of benzene rings is 1. The molecule has 20 heavy (non-hydrogen) atoms. The average Bonchev–Trinajstić information content (AvgIpc) is 2.41. The van der Waals surface area contributed by atoms with E-state index in [0.29, 0.717) is 5.75 Å². The van der Waals surface area contributed by atoms with Gasteiger partial charge in [-0.1, -0.05) is 42.3 Å². The number of hydrogen-bond donors (Lipinski definition) is 2. The molecule has 2 atom stereocenters. The van der Waals surface area contributed by atoms with Crippen molar-refractivity contribution in [3.05, 3.63) is 28.7 Å². The first kappa shape index (κ1) is 16.5. The molecule has 1 aromatic carbocycles. The molecule has 0 aliphatic carbocycles. The Balaban J connectivity index is 2.52. The smallest absolute Gasteiger partial charge is 0.258 e. The molecule has 0 aromatic heterocycles. The van der Waals surface area contributed by atoms with Gasteiger partial charge in [0.2, 0.25) is 5.91 Å². The van der Waals surface area contributed by atoms with E-state index in [-0.39, 0.29) is 18.4 Å². The lowest BCUT2D eigenvalue weighted by atomic mass is 9.99. The largest absolute Gasteiger partial charge is 0.484 e. The number of nitrogens with one attached hydrogen (secondary N) is 1. The molecule has 0 aliphatic rings. The molecule has 0 fully saturated rings. The van der Waals surface area contributed by atoms with E-state index >= 15 is 0 Å². The van der Waals surface area contributed by atoms with Gasteiger partial charge in [-0.15, -0.1) is 0 Å². The number of amides is 2. The molecule has 0 radical (unpaired) electrons. The van der Waals surface area contributed by atoms with Crippen LogP contribution in [-0.2, 0) is 9.59 Å². The number of primary amides is 1. The van der Waals surface area contributed by atoms with Gasteiger partial charge >= 0.3 is 0 Å². The maximum absolute atomic E-state index is 11.8. The van der Waals surface area contributed by atoms with Crippen LogP contribution in [0.15, 0.2) is 28.7 Å². The molecule has 0 bridgehead atoms. The average molecular weight is 343 g/mol. The van der Waals surface area contributed by atoms with E-state index in [1.165, 1.54) is 0 Å². The number of halogens is 1. The third-order valence-electron chi connectivity index (χ3n) is 3.00. The predicted octanol–water partition coefficient (Wildman–Crippen LogP) is 1.84. The fourth-order valence-corrected chi connectivity index (χ4v) is 2.03. The molecule has 0 aliphatic heterocycles. The zero-order chi connectivity index (χ0) is 15.1. The summed E-state index contributed by atoms with van der Waals surface area (Å²) in [6.07, 6.45) is 0.750. The standard InChI is InChI=1S/C14H19BrN2O3/c1-3-9(2)13(14(16)19)17-12(18)8-20-11-6-4-5-10(15)7-11/h4-7,9,13H,3,8H2,1-2H3,(H2,16,19)(H,17,18). The summed E-state index contributed by atoms with van der Waals surface area (Å²) < 4.78 is 6.21. The van der Waals surface area contributed by atoms with Crippen molar-refractivity contribution in [3.63, 3.8) is 0 Å². The monoisotopic (exact) mass is 342 g/mol. The molecular formula is C14H19BrN2O3. The third kappa shape index (κ3) is 5.21. The van der Waals surface area contributed by atoms with E-state index in [1.54, 1.807) is 12.1 Å². The van der Waals surface area contributed by atoms with Gasteiger partial charge in [0.25, 0.3) is 5.91 Å². The molecule has 0 saturated heterocycles. The molecular weight excluding hydrogens is 324 g/mol. The van der Waals surface area contributed by atoms with Crippen molar-refractivity contribution >= 4 is 27.7 Å². The molecule has 2 amide bonds. The highest BCUT2D eigenvalue weighted by Gasteiger charge is 2.23. The number of carbonyl (C=O) groups excluding carboxylic acids is 2. The molecule has 0 saturated carbocycles. The Hall–Kier alpha value is -1.56. The number of carbonyl (C=O) groups is 2. The van der Waals surface area contributed by atoms with Gasteiger partial charge < -0.3 is 15.8 Å². The Labute approximate surface area is 127 Å². The van der Waals surface area contributed by atoms with E-state index in [2.05, 4.69) is 21.2 Å². The summed E-state index contributed by atoms with van der Waals surface area (Å²) in [5.41, 5.74) is 5.29. The summed E-state index contributed by atoms with van der Waals surface area (Å²) in [4.78, 5) is 23.1. The Bertz CT molecular complexity index is 479. The van der Waals surface area contributed by atoms with Gasteiger partial charge in [0.15, 0.2) is 6.61 Å². The fraction of sp³-hybridized carbons (Fsp3) is 0.429. The minimum atomic E-state index is -0.668. The van der Waals surface area contributed by atoms with Crippen LogP contribution in [0.4, 0.5) is 0 Å². The third-order valence-corrected chi connectivity index (χ3v) is 3.50. The van der Waals surface area contributed by atoms with Gasteiger partial charge in [-0.3, -0.25) is 9.59 Å². The van der Waals surface area contributed by atoms with E-state index in [1.807, 2.05) is 26.0 Å². The first-order valence-electron chi connectivity index (χ1n) is 6.41. The lowest BCUT2D eigenvalue weighted by Crippen LogP contribution is -2.49. The summed E-state index contributed by atoms with van der Waals surface area (Å²) in [6.45, 7) is 3.65. The van der Waals surface area contributed by atoms with Crippen LogP contribution >= 0.6 is 15.9 Å². The van der Waals surface area contributed by atoms with Gasteiger partial charge in [-0.2, -0.15) is 0 Å². The van der Waals surface area contributed by atoms with Gasteiger partial charge in [-0.05, 0) is 24.1 Å². The van der Waals surface area contributed by atoms with Crippen LogP contribution in [-0.4, -0.2) is 24.5 Å². The van der Waals surface area contributed by atoms with Crippen LogP contribution in [0.2, 0.25) is 0 Å². The highest BCUT2D eigenvalue weighted by atomic mass is 79.9. The highest BCUT2D eigenvalue weighted by molar-refractivity contribution is 9.10. The van der Waals surface area contributed by atoms with Crippen LogP contribution in [0.1, 0.15) is 20.3 Å². The Morgan fingerprint density at radius 2 is 2.15 bits per heavy atom. The van der Waals surface area contributed by atoms with Gasteiger partial charge in [-0.25, -0.2) is 0 Å². The van der Waals surface area contributed by atoms with E-state index in [4.69, 9.17) is 10.5 Å². The number of ether oxygens (including phenoxy) is 1. The molecule has 1 rings (SSSR count). The van der Waals surface area contributed by atoms with Crippen molar-refractivity contribution in [1.29, 1.82) is 0 Å². The summed E-state index contributed by atoms with van der Waals surface area (Å²) in [5, 5.41) is 2.60. The maximum atomic E-state index is 11.8. The fourth-order valence-electron chi connectivity index (χ4n) is 1.65. The SMILES string of the molecule is CCC(C)C(NC(=O)COc1cccc(Br)c1)C(N)=O. The zero-order valence-electron chi connectivity index (χ0n) is 11.6. The van der Waals surface area contributed by atoms with E-state index in [0.717, 1.165) is 10.9 Å². The molecule has 2 unspecified atom stereocenters. The number of nitrogens with two attached hydrogens (primary N) is 1. The Kier molecular flexibility index (Phi) is 6.51. The molecule has 110 valence electrons. The Morgan fingerprint density at radius 3 is 2.70 bits per heavy atom. The van der Waals surface area contributed by atoms with Crippen molar-refractivity contribution in [3.8, 4) is 5.75 Å². The zero-order valence-corrected chi connectivity index (χ0v) is 13.1. The predicted molar refractivity (Wildman–Crippen MR) is 80.2 cm³/mol. The van der Waals surface area contributed by atoms with Crippen molar-refractivity contribution in [2.75, 3.05) is 6.61 Å². The van der Waals surface area contributed by atoms with E-state index in [9.17, 15) is 9.59 Å². The summed E-state index contributed by atoms with van der Waals surface area (Å²) in [5.74, 6) is -0.333. The lowest BCUT2D eigenvalue weighted by Gasteiger charge is -2.21. The van der Waals surface area contributed by atoms with Gasteiger partial charge in [0.1, 0.15) is 11.8 Å². The summed E-state index contributed by atoms with van der Waals surface area (Å²) in [7, 11) is 0. The molecule has 0 spiro atoms. The summed E-state index contributed by atoms with van der Waals surface area (Å²) >= 11 is 3.32. The number of rotatable bonds is 7. The van der Waals surface area contributed by atoms with Crippen LogP contribution in [0.3, 0.4) is 0 Å². The number of hydrogen-bond acceptors (Lipinski definition) is 3. The molecule has 0 heterocycles. The first-order chi connectivity index (χ1) is 9.43. The highest BCUT2D eigenvalue weighted by Crippen LogP contribution is 2.17. The topological polar surface area (TPSA) is 81.4 Å². The van der Waals surface area contributed by atoms with Crippen LogP contribution in [0.25, 0.3) is 0 Å². The molecule has 5 nitrogen and oxygen atoms in total. The normalized spacial score (nSPS) is 13.3.